The molecule has 1 saturated heterocycles. The average Bonchev–Trinajstić information content (AvgIpc) is 2.92. The van der Waals surface area contributed by atoms with E-state index in [4.69, 9.17) is 34.8 Å². The van der Waals surface area contributed by atoms with Crippen molar-refractivity contribution in [2.75, 3.05) is 0 Å². The van der Waals surface area contributed by atoms with Crippen LogP contribution >= 0.6 is 46.6 Å². The maximum atomic E-state index is 12.1. The zero-order valence-corrected chi connectivity index (χ0v) is 15.8. The summed E-state index contributed by atoms with van der Waals surface area (Å²) in [7, 11) is 0. The molecule has 1 atom stereocenters. The highest BCUT2D eigenvalue weighted by Gasteiger charge is 2.30. The van der Waals surface area contributed by atoms with Crippen LogP contribution in [-0.2, 0) is 11.2 Å². The number of rotatable bonds is 4. The van der Waals surface area contributed by atoms with Crippen molar-refractivity contribution in [2.45, 2.75) is 11.7 Å². The number of amides is 1. The molecule has 1 N–H and O–H groups in total. The van der Waals surface area contributed by atoms with Crippen molar-refractivity contribution >= 4 is 63.9 Å². The molecule has 1 aliphatic rings. The molecule has 1 aliphatic heterocycles. The highest BCUT2D eigenvalue weighted by Crippen LogP contribution is 2.27. The molecule has 1 unspecified atom stereocenters. The number of thioether (sulfide) groups is 1. The fourth-order valence-electron chi connectivity index (χ4n) is 2.16. The maximum absolute atomic E-state index is 12.1. The number of nitrogens with one attached hydrogen (secondary N) is 1. The Morgan fingerprint density at radius 2 is 1.84 bits per heavy atom. The zero-order chi connectivity index (χ0) is 17.8. The van der Waals surface area contributed by atoms with Crippen LogP contribution in [0.3, 0.4) is 0 Å². The molecule has 2 aromatic rings. The molecule has 0 bridgehead atoms. The zero-order valence-electron chi connectivity index (χ0n) is 12.7. The van der Waals surface area contributed by atoms with Crippen LogP contribution in [0.25, 0.3) is 0 Å². The van der Waals surface area contributed by atoms with Crippen molar-refractivity contribution in [1.29, 1.82) is 0 Å². The number of hydrogen-bond donors (Lipinski definition) is 1. The van der Waals surface area contributed by atoms with Crippen LogP contribution in [0.2, 0.25) is 15.1 Å². The molecule has 0 aromatic heterocycles. The SMILES string of the molecule is O=C1N/C(=N/N=C/c2ccc(Cl)cc2)SC1Cc1ccc(Cl)c(Cl)c1. The first kappa shape index (κ1) is 18.3. The highest BCUT2D eigenvalue weighted by atomic mass is 35.5. The monoisotopic (exact) mass is 411 g/mol. The molecular formula is C17H12Cl3N3OS. The lowest BCUT2D eigenvalue weighted by molar-refractivity contribution is -0.118. The number of benzene rings is 2. The van der Waals surface area contributed by atoms with Gasteiger partial charge in [-0.1, -0.05) is 64.8 Å². The van der Waals surface area contributed by atoms with Gasteiger partial charge in [-0.15, -0.1) is 5.10 Å². The fourth-order valence-corrected chi connectivity index (χ4v) is 3.58. The van der Waals surface area contributed by atoms with Gasteiger partial charge in [0.1, 0.15) is 0 Å². The minimum atomic E-state index is -0.276. The van der Waals surface area contributed by atoms with E-state index >= 15 is 0 Å². The van der Waals surface area contributed by atoms with Crippen LogP contribution in [0.4, 0.5) is 0 Å². The summed E-state index contributed by atoms with van der Waals surface area (Å²) in [6, 6.07) is 12.6. The molecule has 128 valence electrons. The van der Waals surface area contributed by atoms with Crippen molar-refractivity contribution in [3.8, 4) is 0 Å². The molecule has 1 amide bonds. The molecule has 2 aromatic carbocycles. The summed E-state index contributed by atoms with van der Waals surface area (Å²) >= 11 is 19.1. The summed E-state index contributed by atoms with van der Waals surface area (Å²) in [5.41, 5.74) is 1.81. The lowest BCUT2D eigenvalue weighted by Crippen LogP contribution is -2.25. The normalized spacial score (nSPS) is 18.9. The van der Waals surface area contributed by atoms with Crippen LogP contribution < -0.4 is 5.32 Å². The van der Waals surface area contributed by atoms with Crippen LogP contribution in [-0.4, -0.2) is 22.5 Å². The predicted molar refractivity (Wildman–Crippen MR) is 106 cm³/mol. The minimum absolute atomic E-state index is 0.100. The van der Waals surface area contributed by atoms with Gasteiger partial charge in [-0.2, -0.15) is 5.10 Å². The van der Waals surface area contributed by atoms with Crippen molar-refractivity contribution in [3.63, 3.8) is 0 Å². The van der Waals surface area contributed by atoms with Gasteiger partial charge in [-0.3, -0.25) is 4.79 Å². The highest BCUT2D eigenvalue weighted by molar-refractivity contribution is 8.15. The molecule has 25 heavy (non-hydrogen) atoms. The third-order valence-electron chi connectivity index (χ3n) is 3.41. The van der Waals surface area contributed by atoms with Gasteiger partial charge >= 0.3 is 0 Å². The van der Waals surface area contributed by atoms with Gasteiger partial charge in [-0.25, -0.2) is 0 Å². The van der Waals surface area contributed by atoms with E-state index in [1.165, 1.54) is 11.8 Å². The molecule has 4 nitrogen and oxygen atoms in total. The Kier molecular flexibility index (Phi) is 6.02. The van der Waals surface area contributed by atoms with Gasteiger partial charge in [0.15, 0.2) is 5.17 Å². The summed E-state index contributed by atoms with van der Waals surface area (Å²) in [5, 5.41) is 12.6. The second kappa shape index (κ2) is 8.23. The molecule has 0 saturated carbocycles. The van der Waals surface area contributed by atoms with Gasteiger partial charge in [-0.05, 0) is 41.8 Å². The standard InChI is InChI=1S/C17H12Cl3N3OS/c18-12-4-1-10(2-5-12)9-21-23-17-22-16(24)15(25-17)8-11-3-6-13(19)14(20)7-11/h1-7,9,15H,8H2,(H,22,23,24)/b21-9+. The summed E-state index contributed by atoms with van der Waals surface area (Å²) < 4.78 is 0. The second-order valence-corrected chi connectivity index (χ2v) is 7.69. The van der Waals surface area contributed by atoms with Crippen molar-refractivity contribution in [2.24, 2.45) is 10.2 Å². The Balaban J connectivity index is 1.63. The van der Waals surface area contributed by atoms with Crippen LogP contribution in [0.1, 0.15) is 11.1 Å². The number of amidine groups is 1. The molecule has 1 heterocycles. The van der Waals surface area contributed by atoms with Crippen molar-refractivity contribution in [3.05, 3.63) is 68.7 Å². The minimum Gasteiger partial charge on any atom is -0.303 e. The number of nitrogens with zero attached hydrogens (tertiary/aromatic N) is 2. The van der Waals surface area contributed by atoms with Crippen LogP contribution in [0.15, 0.2) is 52.7 Å². The lowest BCUT2D eigenvalue weighted by Gasteiger charge is -2.06. The number of carbonyl (C=O) groups is 1. The van der Waals surface area contributed by atoms with E-state index in [0.29, 0.717) is 26.7 Å². The summed E-state index contributed by atoms with van der Waals surface area (Å²) in [6.07, 6.45) is 2.13. The molecule has 0 aliphatic carbocycles. The largest absolute Gasteiger partial charge is 0.303 e. The molecule has 8 heteroatoms. The lowest BCUT2D eigenvalue weighted by atomic mass is 10.1. The van der Waals surface area contributed by atoms with Gasteiger partial charge in [0, 0.05) is 5.02 Å². The quantitative estimate of drug-likeness (QED) is 0.578. The first-order valence-corrected chi connectivity index (χ1v) is 9.30. The van der Waals surface area contributed by atoms with Crippen molar-refractivity contribution in [1.82, 2.24) is 5.32 Å². The molecular weight excluding hydrogens is 401 g/mol. The van der Waals surface area contributed by atoms with Gasteiger partial charge < -0.3 is 5.32 Å². The Bertz CT molecular complexity index is 853. The van der Waals surface area contributed by atoms with E-state index in [2.05, 4.69) is 15.5 Å². The molecule has 0 radical (unpaired) electrons. The van der Waals surface area contributed by atoms with E-state index in [0.717, 1.165) is 11.1 Å². The van der Waals surface area contributed by atoms with E-state index in [-0.39, 0.29) is 11.2 Å². The fraction of sp³-hybridized carbons (Fsp3) is 0.118. The van der Waals surface area contributed by atoms with Gasteiger partial charge in [0.2, 0.25) is 5.91 Å². The Morgan fingerprint density at radius 3 is 2.56 bits per heavy atom. The average molecular weight is 413 g/mol. The number of hydrogen-bond acceptors (Lipinski definition) is 4. The Labute approximate surface area is 164 Å². The van der Waals surface area contributed by atoms with E-state index in [9.17, 15) is 4.79 Å². The van der Waals surface area contributed by atoms with Crippen LogP contribution in [0.5, 0.6) is 0 Å². The number of carbonyl (C=O) groups excluding carboxylic acids is 1. The smallest absolute Gasteiger partial charge is 0.239 e. The third-order valence-corrected chi connectivity index (χ3v) is 5.47. The molecule has 1 fully saturated rings. The molecule has 3 rings (SSSR count). The summed E-state index contributed by atoms with van der Waals surface area (Å²) in [5.74, 6) is -0.100. The topological polar surface area (TPSA) is 53.8 Å². The Hall–Kier alpha value is -1.53. The summed E-state index contributed by atoms with van der Waals surface area (Å²) in [6.45, 7) is 0. The second-order valence-electron chi connectivity index (χ2n) is 5.25. The third kappa shape index (κ3) is 4.98. The first-order valence-electron chi connectivity index (χ1n) is 7.29. The Morgan fingerprint density at radius 1 is 1.08 bits per heavy atom. The molecule has 0 spiro atoms. The van der Waals surface area contributed by atoms with Gasteiger partial charge in [0.25, 0.3) is 0 Å². The maximum Gasteiger partial charge on any atom is 0.239 e. The summed E-state index contributed by atoms with van der Waals surface area (Å²) in [4.78, 5) is 12.1. The van der Waals surface area contributed by atoms with Crippen LogP contribution in [0, 0.1) is 0 Å². The number of halogens is 3. The van der Waals surface area contributed by atoms with Gasteiger partial charge in [0.05, 0.1) is 21.5 Å². The van der Waals surface area contributed by atoms with E-state index in [1.54, 1.807) is 30.5 Å². The predicted octanol–water partition coefficient (Wildman–Crippen LogP) is 4.81. The van der Waals surface area contributed by atoms with E-state index < -0.39 is 0 Å². The van der Waals surface area contributed by atoms with Crippen molar-refractivity contribution < 1.29 is 4.79 Å². The first-order chi connectivity index (χ1) is 12.0. The van der Waals surface area contributed by atoms with E-state index in [1.807, 2.05) is 18.2 Å².